The number of aliphatic carboxylic acids is 1. The lowest BCUT2D eigenvalue weighted by molar-refractivity contribution is -0.192. The Morgan fingerprint density at radius 2 is 1.69 bits per heavy atom. The molecule has 10 nitrogen and oxygen atoms in total. The first-order chi connectivity index (χ1) is 18.2. The third-order valence-electron chi connectivity index (χ3n) is 6.08. The van der Waals surface area contributed by atoms with Crippen LogP contribution in [0.4, 0.5) is 17.6 Å². The van der Waals surface area contributed by atoms with Crippen LogP contribution in [-0.2, 0) is 14.4 Å². The second-order valence-corrected chi connectivity index (χ2v) is 9.21. The number of hydrogen-bond donors (Lipinski definition) is 2. The van der Waals surface area contributed by atoms with Crippen molar-refractivity contribution in [1.29, 1.82) is 0 Å². The molecule has 4 rings (SSSR count). The van der Waals surface area contributed by atoms with Crippen LogP contribution in [-0.4, -0.2) is 92.9 Å². The van der Waals surface area contributed by atoms with Gasteiger partial charge in [0, 0.05) is 32.4 Å². The van der Waals surface area contributed by atoms with Crippen LogP contribution in [0.15, 0.2) is 42.6 Å². The first-order valence-electron chi connectivity index (χ1n) is 11.8. The molecule has 2 amide bonds. The number of carbonyl (C=O) groups excluding carboxylic acids is 2. The van der Waals surface area contributed by atoms with Gasteiger partial charge in [0.25, 0.3) is 0 Å². The molecule has 1 fully saturated rings. The Bertz CT molecular complexity index is 1340. The molecule has 1 aromatic carbocycles. The number of nitrogens with two attached hydrogens (primary N) is 1. The van der Waals surface area contributed by atoms with Crippen molar-refractivity contribution in [3.05, 3.63) is 54.0 Å². The average molecular weight is 553 g/mol. The van der Waals surface area contributed by atoms with E-state index in [9.17, 15) is 27.2 Å². The molecule has 0 saturated carbocycles. The maximum atomic E-state index is 13.6. The lowest BCUT2D eigenvalue weighted by atomic mass is 9.88. The minimum Gasteiger partial charge on any atom is -0.475 e. The number of carboxylic acids is 1. The molecule has 1 aliphatic heterocycles. The van der Waals surface area contributed by atoms with Gasteiger partial charge in [-0.3, -0.25) is 9.59 Å². The number of halogens is 4. The number of fused-ring (bicyclic) bond motifs is 1. The number of carboxylic acid groups (broad SMARTS) is 1. The molecule has 2 aromatic heterocycles. The highest BCUT2D eigenvalue weighted by Gasteiger charge is 2.39. The SMILES string of the molecule is Cc1nc2ccc(-c3ccc([C@H](C(=O)N(C)C)[C@H](N)C(=O)N4CC[C@H](F)C4)cc3)cn2n1.O=C(O)C(F)(F)F. The molecule has 0 aliphatic carbocycles. The second kappa shape index (κ2) is 11.8. The molecule has 0 unspecified atom stereocenters. The Hall–Kier alpha value is -4.07. The monoisotopic (exact) mass is 552 g/mol. The van der Waals surface area contributed by atoms with Crippen molar-refractivity contribution in [2.24, 2.45) is 5.73 Å². The zero-order valence-corrected chi connectivity index (χ0v) is 21.4. The van der Waals surface area contributed by atoms with E-state index in [-0.39, 0.29) is 12.5 Å². The van der Waals surface area contributed by atoms with E-state index in [4.69, 9.17) is 15.6 Å². The molecule has 0 bridgehead atoms. The van der Waals surface area contributed by atoms with E-state index in [0.29, 0.717) is 24.4 Å². The summed E-state index contributed by atoms with van der Waals surface area (Å²) in [6, 6.07) is 10.2. The molecule has 3 aromatic rings. The van der Waals surface area contributed by atoms with Crippen molar-refractivity contribution in [2.45, 2.75) is 37.7 Å². The van der Waals surface area contributed by atoms with Gasteiger partial charge in [0.2, 0.25) is 11.8 Å². The summed E-state index contributed by atoms with van der Waals surface area (Å²) in [5.74, 6) is -3.59. The van der Waals surface area contributed by atoms with E-state index in [1.54, 1.807) is 18.6 Å². The zero-order valence-electron chi connectivity index (χ0n) is 21.4. The summed E-state index contributed by atoms with van der Waals surface area (Å²) < 4.78 is 47.1. The van der Waals surface area contributed by atoms with Gasteiger partial charge in [-0.15, -0.1) is 0 Å². The Kier molecular flexibility index (Phi) is 8.89. The van der Waals surface area contributed by atoms with E-state index in [2.05, 4.69) is 10.1 Å². The van der Waals surface area contributed by atoms with E-state index < -0.39 is 36.2 Å². The molecule has 14 heteroatoms. The number of alkyl halides is 4. The molecular formula is C25H28F4N6O4. The summed E-state index contributed by atoms with van der Waals surface area (Å²) >= 11 is 0. The van der Waals surface area contributed by atoms with Gasteiger partial charge in [0.1, 0.15) is 18.0 Å². The molecule has 0 radical (unpaired) electrons. The van der Waals surface area contributed by atoms with Crippen LogP contribution in [0.5, 0.6) is 0 Å². The molecule has 0 spiro atoms. The topological polar surface area (TPSA) is 134 Å². The summed E-state index contributed by atoms with van der Waals surface area (Å²) in [6.07, 6.45) is -3.93. The number of hydrogen-bond acceptors (Lipinski definition) is 6. The molecule has 210 valence electrons. The maximum Gasteiger partial charge on any atom is 0.490 e. The van der Waals surface area contributed by atoms with Crippen molar-refractivity contribution in [2.75, 3.05) is 27.2 Å². The van der Waals surface area contributed by atoms with Crippen molar-refractivity contribution in [3.63, 3.8) is 0 Å². The van der Waals surface area contributed by atoms with Crippen LogP contribution in [0.1, 0.15) is 23.7 Å². The van der Waals surface area contributed by atoms with Gasteiger partial charge in [0.05, 0.1) is 12.5 Å². The third kappa shape index (κ3) is 7.07. The molecule has 3 N–H and O–H groups in total. The summed E-state index contributed by atoms with van der Waals surface area (Å²) in [5.41, 5.74) is 9.57. The molecule has 1 aliphatic rings. The molecular weight excluding hydrogens is 524 g/mol. The quantitative estimate of drug-likeness (QED) is 0.465. The van der Waals surface area contributed by atoms with Gasteiger partial charge in [-0.1, -0.05) is 24.3 Å². The number of likely N-dealkylation sites (N-methyl/N-ethyl adjacent to an activating group) is 1. The summed E-state index contributed by atoms with van der Waals surface area (Å²) in [5, 5.41) is 11.5. The molecule has 39 heavy (non-hydrogen) atoms. The fraction of sp³-hybridized carbons (Fsp3) is 0.400. The first-order valence-corrected chi connectivity index (χ1v) is 11.8. The number of rotatable bonds is 5. The molecule has 3 heterocycles. The standard InChI is InChI=1S/C23H27FN6O2.C2HF3O2/c1-14-26-19-9-8-17(12-30(19)27-14)15-4-6-16(7-5-15)20(22(31)28(2)3)21(25)23(32)29-11-10-18(24)13-29;3-2(4,5)1(6)7/h4-9,12,18,20-21H,10-11,13,25H2,1-3H3;(H,6,7)/t18-,20-,21-;/m0./s1. The Labute approximate surface area is 221 Å². The fourth-order valence-corrected chi connectivity index (χ4v) is 4.10. The van der Waals surface area contributed by atoms with Gasteiger partial charge < -0.3 is 20.6 Å². The van der Waals surface area contributed by atoms with Crippen LogP contribution >= 0.6 is 0 Å². The lowest BCUT2D eigenvalue weighted by Crippen LogP contribution is -2.50. The van der Waals surface area contributed by atoms with Crippen molar-refractivity contribution >= 4 is 23.4 Å². The zero-order chi connectivity index (χ0) is 29.1. The van der Waals surface area contributed by atoms with E-state index in [1.807, 2.05) is 49.5 Å². The van der Waals surface area contributed by atoms with Crippen LogP contribution in [0.3, 0.4) is 0 Å². The van der Waals surface area contributed by atoms with Gasteiger partial charge >= 0.3 is 12.1 Å². The summed E-state index contributed by atoms with van der Waals surface area (Å²) in [7, 11) is 3.26. The van der Waals surface area contributed by atoms with Crippen molar-refractivity contribution in [3.8, 4) is 11.1 Å². The summed E-state index contributed by atoms with van der Waals surface area (Å²) in [6.45, 7) is 2.18. The van der Waals surface area contributed by atoms with Crippen molar-refractivity contribution in [1.82, 2.24) is 24.4 Å². The maximum absolute atomic E-state index is 13.6. The highest BCUT2D eigenvalue weighted by molar-refractivity contribution is 5.93. The molecule has 1 saturated heterocycles. The predicted octanol–water partition coefficient (Wildman–Crippen LogP) is 2.41. The third-order valence-corrected chi connectivity index (χ3v) is 6.08. The van der Waals surface area contributed by atoms with Gasteiger partial charge in [0.15, 0.2) is 5.65 Å². The Balaban J connectivity index is 0.000000532. The number of aromatic nitrogens is 3. The number of aryl methyl sites for hydroxylation is 1. The smallest absolute Gasteiger partial charge is 0.475 e. The van der Waals surface area contributed by atoms with Gasteiger partial charge in [-0.25, -0.2) is 18.7 Å². The minimum absolute atomic E-state index is 0.0264. The van der Waals surface area contributed by atoms with Crippen molar-refractivity contribution < 1.29 is 37.1 Å². The van der Waals surface area contributed by atoms with Crippen LogP contribution < -0.4 is 5.73 Å². The van der Waals surface area contributed by atoms with E-state index in [0.717, 1.165) is 16.8 Å². The van der Waals surface area contributed by atoms with Crippen LogP contribution in [0.2, 0.25) is 0 Å². The fourth-order valence-electron chi connectivity index (χ4n) is 4.10. The van der Waals surface area contributed by atoms with Gasteiger partial charge in [-0.05, 0) is 36.6 Å². The Morgan fingerprint density at radius 1 is 1.10 bits per heavy atom. The number of pyridine rings is 1. The molecule has 3 atom stereocenters. The van der Waals surface area contributed by atoms with E-state index in [1.165, 1.54) is 9.80 Å². The van der Waals surface area contributed by atoms with E-state index >= 15 is 0 Å². The summed E-state index contributed by atoms with van der Waals surface area (Å²) in [4.78, 5) is 41.9. The number of nitrogens with zero attached hydrogens (tertiary/aromatic N) is 5. The second-order valence-electron chi connectivity index (χ2n) is 9.21. The first kappa shape index (κ1) is 29.5. The average Bonchev–Trinajstić information content (AvgIpc) is 3.47. The number of amides is 2. The Morgan fingerprint density at radius 3 is 2.21 bits per heavy atom. The number of likely N-dealkylation sites (tertiary alicyclic amines) is 1. The normalized spacial score (nSPS) is 16.8. The van der Waals surface area contributed by atoms with Crippen LogP contribution in [0.25, 0.3) is 16.8 Å². The number of benzene rings is 1. The minimum atomic E-state index is -5.08. The van der Waals surface area contributed by atoms with Crippen LogP contribution in [0, 0.1) is 6.92 Å². The lowest BCUT2D eigenvalue weighted by Gasteiger charge is -2.28. The van der Waals surface area contributed by atoms with Gasteiger partial charge in [-0.2, -0.15) is 18.3 Å². The highest BCUT2D eigenvalue weighted by Crippen LogP contribution is 2.27. The highest BCUT2D eigenvalue weighted by atomic mass is 19.4. The predicted molar refractivity (Wildman–Crippen MR) is 132 cm³/mol. The number of carbonyl (C=O) groups is 3. The largest absolute Gasteiger partial charge is 0.490 e.